The van der Waals surface area contributed by atoms with Crippen LogP contribution in [0.25, 0.3) is 0 Å². The summed E-state index contributed by atoms with van der Waals surface area (Å²) in [7, 11) is 0. The molecule has 0 aromatic carbocycles. The maximum atomic E-state index is 11.5. The minimum absolute atomic E-state index is 0.0988. The van der Waals surface area contributed by atoms with E-state index in [9.17, 15) is 4.79 Å². The largest absolute Gasteiger partial charge is 0.355 e. The summed E-state index contributed by atoms with van der Waals surface area (Å²) in [4.78, 5) is 11.5. The third kappa shape index (κ3) is 6.38. The first-order valence-corrected chi connectivity index (χ1v) is 7.15. The molecule has 1 aliphatic heterocycles. The normalized spacial score (nSPS) is 21.1. The van der Waals surface area contributed by atoms with Gasteiger partial charge in [0.05, 0.1) is 0 Å². The maximum absolute atomic E-state index is 11.5. The molecule has 1 rings (SSSR count). The van der Waals surface area contributed by atoms with E-state index < -0.39 is 0 Å². The fraction of sp³-hybridized carbons (Fsp3) is 0.917. The molecule has 1 amide bonds. The number of thioether (sulfide) groups is 1. The molecule has 4 heteroatoms. The summed E-state index contributed by atoms with van der Waals surface area (Å²) in [6.07, 6.45) is 3.14. The van der Waals surface area contributed by atoms with E-state index in [2.05, 4.69) is 31.4 Å². The van der Waals surface area contributed by atoms with Gasteiger partial charge in [-0.05, 0) is 39.4 Å². The topological polar surface area (TPSA) is 41.1 Å². The zero-order valence-corrected chi connectivity index (χ0v) is 11.5. The second-order valence-corrected chi connectivity index (χ2v) is 6.77. The molecule has 16 heavy (non-hydrogen) atoms. The van der Waals surface area contributed by atoms with Crippen molar-refractivity contribution >= 4 is 17.7 Å². The highest BCUT2D eigenvalue weighted by Gasteiger charge is 2.16. The summed E-state index contributed by atoms with van der Waals surface area (Å²) in [5, 5.41) is 6.98. The van der Waals surface area contributed by atoms with Gasteiger partial charge in [-0.25, -0.2) is 0 Å². The Kier molecular flexibility index (Phi) is 5.62. The Morgan fingerprint density at radius 1 is 1.44 bits per heavy atom. The Hall–Kier alpha value is -0.220. The summed E-state index contributed by atoms with van der Waals surface area (Å²) >= 11 is 1.98. The molecule has 0 aromatic rings. The minimum atomic E-state index is 0.0988. The first kappa shape index (κ1) is 13.8. The summed E-state index contributed by atoms with van der Waals surface area (Å²) in [6.45, 7) is 7.94. The van der Waals surface area contributed by atoms with Crippen molar-refractivity contribution < 1.29 is 4.79 Å². The number of nitrogens with one attached hydrogen (secondary N) is 2. The molecule has 1 fully saturated rings. The first-order valence-electron chi connectivity index (χ1n) is 6.11. The third-order valence-corrected chi connectivity index (χ3v) is 3.96. The van der Waals surface area contributed by atoms with Crippen LogP contribution in [0.15, 0.2) is 0 Å². The summed E-state index contributed by atoms with van der Waals surface area (Å²) in [5.74, 6) is 1.43. The smallest absolute Gasteiger partial charge is 0.221 e. The monoisotopic (exact) mass is 244 g/mol. The lowest BCUT2D eigenvalue weighted by Gasteiger charge is -2.20. The second-order valence-electron chi connectivity index (χ2n) is 5.37. The molecule has 94 valence electrons. The molecule has 0 aromatic heterocycles. The number of hydrogen-bond acceptors (Lipinski definition) is 3. The second kappa shape index (κ2) is 6.50. The Labute approximate surface area is 103 Å². The van der Waals surface area contributed by atoms with Gasteiger partial charge in [0.25, 0.3) is 0 Å². The van der Waals surface area contributed by atoms with E-state index in [1.165, 1.54) is 18.6 Å². The van der Waals surface area contributed by atoms with Gasteiger partial charge in [-0.2, -0.15) is 11.8 Å². The van der Waals surface area contributed by atoms with Crippen molar-refractivity contribution in [3.63, 3.8) is 0 Å². The van der Waals surface area contributed by atoms with E-state index in [1.54, 1.807) is 0 Å². The predicted molar refractivity (Wildman–Crippen MR) is 70.9 cm³/mol. The van der Waals surface area contributed by atoms with Crippen molar-refractivity contribution in [2.45, 2.75) is 50.8 Å². The van der Waals surface area contributed by atoms with Crippen molar-refractivity contribution in [3.8, 4) is 0 Å². The van der Waals surface area contributed by atoms with Crippen LogP contribution in [0.3, 0.4) is 0 Å². The molecule has 1 atom stereocenters. The Bertz CT molecular complexity index is 220. The quantitative estimate of drug-likeness (QED) is 0.774. The van der Waals surface area contributed by atoms with Crippen molar-refractivity contribution in [2.75, 3.05) is 18.8 Å². The summed E-state index contributed by atoms with van der Waals surface area (Å²) in [6, 6.07) is 0. The lowest BCUT2D eigenvalue weighted by Crippen LogP contribution is -2.39. The highest BCUT2D eigenvalue weighted by Crippen LogP contribution is 2.25. The summed E-state index contributed by atoms with van der Waals surface area (Å²) < 4.78 is 0. The summed E-state index contributed by atoms with van der Waals surface area (Å²) in [5.41, 5.74) is 0.0988. The number of hydrogen-bond donors (Lipinski definition) is 2. The van der Waals surface area contributed by atoms with E-state index in [-0.39, 0.29) is 11.4 Å². The molecule has 0 bridgehead atoms. The average molecular weight is 244 g/mol. The number of amides is 1. The van der Waals surface area contributed by atoms with Crippen LogP contribution >= 0.6 is 11.8 Å². The molecule has 0 radical (unpaired) electrons. The molecule has 0 saturated carbocycles. The predicted octanol–water partition coefficient (Wildman–Crippen LogP) is 1.78. The first-order chi connectivity index (χ1) is 7.47. The Morgan fingerprint density at radius 2 is 2.19 bits per heavy atom. The molecule has 2 N–H and O–H groups in total. The Balaban J connectivity index is 2.02. The van der Waals surface area contributed by atoms with Crippen molar-refractivity contribution in [1.29, 1.82) is 0 Å². The zero-order valence-electron chi connectivity index (χ0n) is 10.6. The van der Waals surface area contributed by atoms with E-state index in [0.717, 1.165) is 13.1 Å². The fourth-order valence-corrected chi connectivity index (χ4v) is 2.87. The van der Waals surface area contributed by atoms with E-state index >= 15 is 0 Å². The number of carbonyl (C=O) groups is 1. The molecule has 0 aliphatic carbocycles. The van der Waals surface area contributed by atoms with Gasteiger partial charge in [0.15, 0.2) is 0 Å². The lowest BCUT2D eigenvalue weighted by atomic mass is 10.1. The van der Waals surface area contributed by atoms with Gasteiger partial charge >= 0.3 is 0 Å². The van der Waals surface area contributed by atoms with Crippen molar-refractivity contribution in [2.24, 2.45) is 0 Å². The van der Waals surface area contributed by atoms with Crippen molar-refractivity contribution in [3.05, 3.63) is 0 Å². The molecular weight excluding hydrogens is 220 g/mol. The molecule has 0 spiro atoms. The minimum Gasteiger partial charge on any atom is -0.355 e. The van der Waals surface area contributed by atoms with Crippen LogP contribution in [0.1, 0.15) is 40.0 Å². The SMILES string of the molecule is CC(C)(C)NCCC(=O)NCC1CCCS1. The molecule has 3 nitrogen and oxygen atoms in total. The molecular formula is C12H24N2OS. The van der Waals surface area contributed by atoms with E-state index in [4.69, 9.17) is 0 Å². The highest BCUT2D eigenvalue weighted by molar-refractivity contribution is 8.00. The standard InChI is InChI=1S/C12H24N2OS/c1-12(2,3)14-7-6-11(15)13-9-10-5-4-8-16-10/h10,14H,4-9H2,1-3H3,(H,13,15). The Morgan fingerprint density at radius 3 is 2.75 bits per heavy atom. The van der Waals surface area contributed by atoms with Crippen LogP contribution in [-0.2, 0) is 4.79 Å². The third-order valence-electron chi connectivity index (χ3n) is 2.56. The van der Waals surface area contributed by atoms with Gasteiger partial charge in [0, 0.05) is 30.3 Å². The van der Waals surface area contributed by atoms with Crippen LogP contribution in [0, 0.1) is 0 Å². The molecule has 1 heterocycles. The van der Waals surface area contributed by atoms with Crippen LogP contribution in [0.4, 0.5) is 0 Å². The van der Waals surface area contributed by atoms with Crippen molar-refractivity contribution in [1.82, 2.24) is 10.6 Å². The average Bonchev–Trinajstić information content (AvgIpc) is 2.65. The lowest BCUT2D eigenvalue weighted by molar-refractivity contribution is -0.121. The van der Waals surface area contributed by atoms with Gasteiger partial charge in [-0.15, -0.1) is 0 Å². The highest BCUT2D eigenvalue weighted by atomic mass is 32.2. The number of carbonyl (C=O) groups excluding carboxylic acids is 1. The van der Waals surface area contributed by atoms with Crippen LogP contribution in [0.2, 0.25) is 0 Å². The van der Waals surface area contributed by atoms with Crippen LogP contribution in [0.5, 0.6) is 0 Å². The van der Waals surface area contributed by atoms with Crippen LogP contribution in [-0.4, -0.2) is 35.5 Å². The van der Waals surface area contributed by atoms with Gasteiger partial charge in [0.2, 0.25) is 5.91 Å². The van der Waals surface area contributed by atoms with E-state index in [0.29, 0.717) is 11.7 Å². The fourth-order valence-electron chi connectivity index (χ4n) is 1.67. The van der Waals surface area contributed by atoms with Gasteiger partial charge in [-0.1, -0.05) is 0 Å². The zero-order chi connectivity index (χ0) is 12.0. The van der Waals surface area contributed by atoms with Crippen LogP contribution < -0.4 is 10.6 Å². The molecule has 1 saturated heterocycles. The molecule has 1 aliphatic rings. The van der Waals surface area contributed by atoms with Gasteiger partial charge in [0.1, 0.15) is 0 Å². The molecule has 1 unspecified atom stereocenters. The maximum Gasteiger partial charge on any atom is 0.221 e. The van der Waals surface area contributed by atoms with E-state index in [1.807, 2.05) is 11.8 Å². The van der Waals surface area contributed by atoms with Gasteiger partial charge in [-0.3, -0.25) is 4.79 Å². The van der Waals surface area contributed by atoms with Gasteiger partial charge < -0.3 is 10.6 Å². The number of rotatable bonds is 5.